The number of carbonyl (C=O) groups is 1. The van der Waals surface area contributed by atoms with Gasteiger partial charge in [-0.3, -0.25) is 4.79 Å². The summed E-state index contributed by atoms with van der Waals surface area (Å²) in [7, 11) is 0. The lowest BCUT2D eigenvalue weighted by molar-refractivity contribution is 0.102. The molecule has 0 unspecified atom stereocenters. The van der Waals surface area contributed by atoms with Crippen molar-refractivity contribution in [1.82, 2.24) is 9.78 Å². The molecule has 0 fully saturated rings. The van der Waals surface area contributed by atoms with E-state index in [1.165, 1.54) is 16.8 Å². The standard InChI is InChI=1S/C25H19FN4O2/c26-22-6-1-2-7-24(22)30-15-13-23(29-30)25(31)28-20-5-3-4-19(16-20)17-32-21-10-8-18(9-11-21)12-14-27/h1-11,13,15-16H,12,17H2,(H,28,31). The van der Waals surface area contributed by atoms with Crippen molar-refractivity contribution in [2.24, 2.45) is 0 Å². The highest BCUT2D eigenvalue weighted by Crippen LogP contribution is 2.18. The molecule has 0 spiro atoms. The van der Waals surface area contributed by atoms with Crippen LogP contribution in [-0.2, 0) is 13.0 Å². The van der Waals surface area contributed by atoms with Crippen molar-refractivity contribution in [2.75, 3.05) is 5.32 Å². The van der Waals surface area contributed by atoms with Crippen molar-refractivity contribution in [3.63, 3.8) is 0 Å². The smallest absolute Gasteiger partial charge is 0.276 e. The van der Waals surface area contributed by atoms with Crippen LogP contribution in [0.2, 0.25) is 0 Å². The molecule has 0 saturated carbocycles. The van der Waals surface area contributed by atoms with Crippen LogP contribution in [0.3, 0.4) is 0 Å². The maximum Gasteiger partial charge on any atom is 0.276 e. The molecule has 1 N–H and O–H groups in total. The molecule has 158 valence electrons. The van der Waals surface area contributed by atoms with Crippen LogP contribution in [0.5, 0.6) is 5.75 Å². The van der Waals surface area contributed by atoms with E-state index in [0.717, 1.165) is 11.1 Å². The number of hydrogen-bond donors (Lipinski definition) is 1. The summed E-state index contributed by atoms with van der Waals surface area (Å²) < 4.78 is 21.1. The summed E-state index contributed by atoms with van der Waals surface area (Å²) in [6, 6.07) is 24.5. The van der Waals surface area contributed by atoms with Gasteiger partial charge in [0.25, 0.3) is 5.91 Å². The Morgan fingerprint density at radius 2 is 1.84 bits per heavy atom. The largest absolute Gasteiger partial charge is 0.489 e. The minimum atomic E-state index is -0.421. The van der Waals surface area contributed by atoms with Crippen LogP contribution in [-0.4, -0.2) is 15.7 Å². The lowest BCUT2D eigenvalue weighted by Gasteiger charge is -2.09. The molecule has 0 saturated heterocycles. The van der Waals surface area contributed by atoms with Crippen molar-refractivity contribution < 1.29 is 13.9 Å². The highest BCUT2D eigenvalue weighted by Gasteiger charge is 2.12. The fourth-order valence-corrected chi connectivity index (χ4v) is 3.11. The normalized spacial score (nSPS) is 10.4. The predicted molar refractivity (Wildman–Crippen MR) is 118 cm³/mol. The van der Waals surface area contributed by atoms with Gasteiger partial charge in [0.1, 0.15) is 23.9 Å². The summed E-state index contributed by atoms with van der Waals surface area (Å²) in [5.41, 5.74) is 2.85. The van der Waals surface area contributed by atoms with E-state index in [1.807, 2.05) is 42.5 Å². The number of halogens is 1. The van der Waals surface area contributed by atoms with Gasteiger partial charge < -0.3 is 10.1 Å². The third kappa shape index (κ3) is 4.99. The van der Waals surface area contributed by atoms with E-state index >= 15 is 0 Å². The van der Waals surface area contributed by atoms with Gasteiger partial charge in [0, 0.05) is 11.9 Å². The van der Waals surface area contributed by atoms with E-state index in [1.54, 1.807) is 30.5 Å². The van der Waals surface area contributed by atoms with E-state index in [4.69, 9.17) is 10.00 Å². The number of anilines is 1. The van der Waals surface area contributed by atoms with Gasteiger partial charge >= 0.3 is 0 Å². The van der Waals surface area contributed by atoms with E-state index in [9.17, 15) is 9.18 Å². The molecule has 32 heavy (non-hydrogen) atoms. The number of amides is 1. The first-order chi connectivity index (χ1) is 15.6. The van der Waals surface area contributed by atoms with E-state index in [0.29, 0.717) is 24.5 Å². The zero-order valence-corrected chi connectivity index (χ0v) is 17.0. The van der Waals surface area contributed by atoms with Gasteiger partial charge in [0.15, 0.2) is 5.69 Å². The Morgan fingerprint density at radius 1 is 1.03 bits per heavy atom. The second-order valence-corrected chi connectivity index (χ2v) is 7.02. The van der Waals surface area contributed by atoms with Crippen LogP contribution in [0.15, 0.2) is 85.1 Å². The highest BCUT2D eigenvalue weighted by molar-refractivity contribution is 6.02. The molecule has 4 aromatic rings. The van der Waals surface area contributed by atoms with Crippen molar-refractivity contribution in [3.8, 4) is 17.5 Å². The predicted octanol–water partition coefficient (Wildman–Crippen LogP) is 4.91. The van der Waals surface area contributed by atoms with Gasteiger partial charge in [-0.15, -0.1) is 0 Å². The minimum absolute atomic E-state index is 0.173. The molecular weight excluding hydrogens is 407 g/mol. The maximum atomic E-state index is 13.9. The molecule has 6 nitrogen and oxygen atoms in total. The molecule has 3 aromatic carbocycles. The van der Waals surface area contributed by atoms with Gasteiger partial charge in [0.05, 0.1) is 12.5 Å². The zero-order chi connectivity index (χ0) is 22.3. The molecule has 1 amide bonds. The molecule has 0 atom stereocenters. The Balaban J connectivity index is 1.39. The first-order valence-electron chi connectivity index (χ1n) is 9.92. The number of carbonyl (C=O) groups excluding carboxylic acids is 1. The molecule has 0 bridgehead atoms. The maximum absolute atomic E-state index is 13.9. The topological polar surface area (TPSA) is 79.9 Å². The second-order valence-electron chi connectivity index (χ2n) is 7.02. The number of nitrogens with zero attached hydrogens (tertiary/aromatic N) is 3. The number of nitriles is 1. The first kappa shape index (κ1) is 20.8. The number of para-hydroxylation sites is 1. The molecule has 1 heterocycles. The lowest BCUT2D eigenvalue weighted by atomic mass is 10.1. The van der Waals surface area contributed by atoms with Gasteiger partial charge in [-0.25, -0.2) is 9.07 Å². The quantitative estimate of drug-likeness (QED) is 0.455. The molecule has 4 rings (SSSR count). The van der Waals surface area contributed by atoms with Crippen LogP contribution in [0.1, 0.15) is 21.6 Å². The molecular formula is C25H19FN4O2. The van der Waals surface area contributed by atoms with Crippen LogP contribution in [0.4, 0.5) is 10.1 Å². The van der Waals surface area contributed by atoms with Crippen molar-refractivity contribution >= 4 is 11.6 Å². The summed E-state index contributed by atoms with van der Waals surface area (Å²) in [5.74, 6) is -0.124. The molecule has 0 radical (unpaired) electrons. The molecule has 1 aromatic heterocycles. The molecule has 0 aliphatic rings. The summed E-state index contributed by atoms with van der Waals surface area (Å²) in [6.45, 7) is 0.323. The Morgan fingerprint density at radius 3 is 2.62 bits per heavy atom. The van der Waals surface area contributed by atoms with Crippen LogP contribution >= 0.6 is 0 Å². The molecule has 7 heteroatoms. The summed E-state index contributed by atoms with van der Waals surface area (Å²) in [6.07, 6.45) is 1.90. The summed E-state index contributed by atoms with van der Waals surface area (Å²) in [4.78, 5) is 12.6. The molecule has 0 aliphatic carbocycles. The van der Waals surface area contributed by atoms with Gasteiger partial charge in [-0.2, -0.15) is 10.4 Å². The van der Waals surface area contributed by atoms with E-state index in [-0.39, 0.29) is 11.4 Å². The summed E-state index contributed by atoms with van der Waals surface area (Å²) in [5, 5.41) is 15.7. The Labute approximate surface area is 184 Å². The average Bonchev–Trinajstić information content (AvgIpc) is 3.30. The summed E-state index contributed by atoms with van der Waals surface area (Å²) >= 11 is 0. The van der Waals surface area contributed by atoms with Gasteiger partial charge in [-0.05, 0) is 53.6 Å². The van der Waals surface area contributed by atoms with Crippen molar-refractivity contribution in [2.45, 2.75) is 13.0 Å². The number of rotatable bonds is 7. The van der Waals surface area contributed by atoms with Crippen LogP contribution in [0, 0.1) is 17.1 Å². The number of benzene rings is 3. The average molecular weight is 426 g/mol. The number of hydrogen-bond acceptors (Lipinski definition) is 4. The Kier molecular flexibility index (Phi) is 6.23. The number of nitrogens with one attached hydrogen (secondary N) is 1. The number of ether oxygens (including phenoxy) is 1. The highest BCUT2D eigenvalue weighted by atomic mass is 19.1. The van der Waals surface area contributed by atoms with Gasteiger partial charge in [-0.1, -0.05) is 36.4 Å². The Bertz CT molecular complexity index is 1280. The third-order valence-corrected chi connectivity index (χ3v) is 4.72. The van der Waals surface area contributed by atoms with Crippen LogP contribution < -0.4 is 10.1 Å². The zero-order valence-electron chi connectivity index (χ0n) is 17.0. The SMILES string of the molecule is N#CCc1ccc(OCc2cccc(NC(=O)c3ccn(-c4ccccc4F)n3)c2)cc1. The first-order valence-corrected chi connectivity index (χ1v) is 9.92. The lowest BCUT2D eigenvalue weighted by Crippen LogP contribution is -2.13. The fraction of sp³-hybridized carbons (Fsp3) is 0.0800. The van der Waals surface area contributed by atoms with E-state index < -0.39 is 11.7 Å². The van der Waals surface area contributed by atoms with Crippen molar-refractivity contribution in [3.05, 3.63) is 108 Å². The van der Waals surface area contributed by atoms with Gasteiger partial charge in [0.2, 0.25) is 0 Å². The monoisotopic (exact) mass is 426 g/mol. The second kappa shape index (κ2) is 9.58. The van der Waals surface area contributed by atoms with Crippen LogP contribution in [0.25, 0.3) is 5.69 Å². The molecule has 0 aliphatic heterocycles. The van der Waals surface area contributed by atoms with E-state index in [2.05, 4.69) is 16.5 Å². The minimum Gasteiger partial charge on any atom is -0.489 e. The van der Waals surface area contributed by atoms with Crippen molar-refractivity contribution in [1.29, 1.82) is 5.26 Å². The third-order valence-electron chi connectivity index (χ3n) is 4.72. The number of aromatic nitrogens is 2. The Hall–Kier alpha value is -4.44. The fourth-order valence-electron chi connectivity index (χ4n) is 3.11.